The third-order valence-corrected chi connectivity index (χ3v) is 2.58. The lowest BCUT2D eigenvalue weighted by Crippen LogP contribution is -2.36. The number of hydrogen-bond donors (Lipinski definition) is 2. The first-order chi connectivity index (χ1) is 6.16. The van der Waals surface area contributed by atoms with Crippen LogP contribution in [0, 0.1) is 0 Å². The Morgan fingerprint density at radius 3 is 2.54 bits per heavy atom. The molecule has 0 spiro atoms. The van der Waals surface area contributed by atoms with Crippen LogP contribution in [-0.2, 0) is 10.8 Å². The van der Waals surface area contributed by atoms with Gasteiger partial charge in [-0.3, -0.25) is 4.21 Å². The van der Waals surface area contributed by atoms with Gasteiger partial charge < -0.3 is 10.6 Å². The van der Waals surface area contributed by atoms with Gasteiger partial charge in [-0.1, -0.05) is 6.92 Å². The standard InChI is InChI=1S/C8H18N2OS2/c1-3-5-9-8(12)10-6-4-7-13(2)11/h3-7H2,1-2H3,(H2,9,10,12). The van der Waals surface area contributed by atoms with Crippen LogP contribution in [-0.4, -0.2) is 34.4 Å². The van der Waals surface area contributed by atoms with Gasteiger partial charge in [-0.15, -0.1) is 0 Å². The average Bonchev–Trinajstić information content (AvgIpc) is 2.08. The van der Waals surface area contributed by atoms with Crippen LogP contribution >= 0.6 is 12.2 Å². The highest BCUT2D eigenvalue weighted by molar-refractivity contribution is 7.84. The van der Waals surface area contributed by atoms with Gasteiger partial charge in [-0.05, 0) is 25.1 Å². The largest absolute Gasteiger partial charge is 0.363 e. The van der Waals surface area contributed by atoms with E-state index in [1.54, 1.807) is 6.26 Å². The van der Waals surface area contributed by atoms with E-state index >= 15 is 0 Å². The van der Waals surface area contributed by atoms with Gasteiger partial charge in [-0.25, -0.2) is 0 Å². The normalized spacial score (nSPS) is 12.2. The highest BCUT2D eigenvalue weighted by atomic mass is 32.2. The maximum Gasteiger partial charge on any atom is 0.166 e. The first kappa shape index (κ1) is 12.8. The summed E-state index contributed by atoms with van der Waals surface area (Å²) in [5.41, 5.74) is 0. The first-order valence-electron chi connectivity index (χ1n) is 4.48. The molecule has 0 heterocycles. The van der Waals surface area contributed by atoms with Crippen molar-refractivity contribution in [3.63, 3.8) is 0 Å². The van der Waals surface area contributed by atoms with Crippen molar-refractivity contribution in [2.75, 3.05) is 25.1 Å². The Bertz CT molecular complexity index is 174. The van der Waals surface area contributed by atoms with Crippen LogP contribution in [0.15, 0.2) is 0 Å². The van der Waals surface area contributed by atoms with Crippen LogP contribution in [0.2, 0.25) is 0 Å². The highest BCUT2D eigenvalue weighted by Gasteiger charge is 1.94. The van der Waals surface area contributed by atoms with Crippen molar-refractivity contribution in [2.45, 2.75) is 19.8 Å². The smallest absolute Gasteiger partial charge is 0.166 e. The van der Waals surface area contributed by atoms with Crippen LogP contribution in [0.25, 0.3) is 0 Å². The number of rotatable bonds is 6. The summed E-state index contributed by atoms with van der Waals surface area (Å²) in [6.45, 7) is 3.80. The van der Waals surface area contributed by atoms with E-state index in [2.05, 4.69) is 17.6 Å². The molecule has 0 fully saturated rings. The predicted molar refractivity (Wildman–Crippen MR) is 62.4 cm³/mol. The van der Waals surface area contributed by atoms with Crippen molar-refractivity contribution >= 4 is 28.1 Å². The molecule has 1 atom stereocenters. The zero-order valence-electron chi connectivity index (χ0n) is 8.26. The van der Waals surface area contributed by atoms with E-state index in [1.165, 1.54) is 0 Å². The average molecular weight is 222 g/mol. The SMILES string of the molecule is CCCNC(=S)NCCCS(C)=O. The minimum atomic E-state index is -0.689. The molecule has 0 aliphatic heterocycles. The molecule has 2 N–H and O–H groups in total. The molecule has 0 amide bonds. The molecule has 0 saturated carbocycles. The van der Waals surface area contributed by atoms with E-state index in [4.69, 9.17) is 12.2 Å². The fourth-order valence-electron chi connectivity index (χ4n) is 0.778. The molecule has 0 bridgehead atoms. The van der Waals surface area contributed by atoms with Gasteiger partial charge in [0.05, 0.1) is 0 Å². The summed E-state index contributed by atoms with van der Waals surface area (Å²) in [6, 6.07) is 0. The van der Waals surface area contributed by atoms with Gasteiger partial charge in [0.1, 0.15) is 0 Å². The molecule has 0 rings (SSSR count). The van der Waals surface area contributed by atoms with Gasteiger partial charge in [0.15, 0.2) is 5.11 Å². The van der Waals surface area contributed by atoms with Crippen LogP contribution in [0.1, 0.15) is 19.8 Å². The summed E-state index contributed by atoms with van der Waals surface area (Å²) in [5.74, 6) is 0.739. The fourth-order valence-corrected chi connectivity index (χ4v) is 1.53. The van der Waals surface area contributed by atoms with Crippen molar-refractivity contribution in [3.8, 4) is 0 Å². The molecule has 0 saturated heterocycles. The lowest BCUT2D eigenvalue weighted by molar-refractivity contribution is 0.682. The third-order valence-electron chi connectivity index (χ3n) is 1.43. The maximum absolute atomic E-state index is 10.7. The van der Waals surface area contributed by atoms with E-state index in [1.807, 2.05) is 0 Å². The zero-order chi connectivity index (χ0) is 10.1. The minimum Gasteiger partial charge on any atom is -0.363 e. The molecule has 0 radical (unpaired) electrons. The van der Waals surface area contributed by atoms with Gasteiger partial charge in [0.25, 0.3) is 0 Å². The molecular formula is C8H18N2OS2. The van der Waals surface area contributed by atoms with Crippen molar-refractivity contribution in [3.05, 3.63) is 0 Å². The lowest BCUT2D eigenvalue weighted by Gasteiger charge is -2.08. The van der Waals surface area contributed by atoms with Crippen molar-refractivity contribution < 1.29 is 4.21 Å². The predicted octanol–water partition coefficient (Wildman–Crippen LogP) is 0.629. The second-order valence-electron chi connectivity index (χ2n) is 2.81. The Labute approximate surface area is 88.1 Å². The van der Waals surface area contributed by atoms with Crippen LogP contribution in [0.5, 0.6) is 0 Å². The molecule has 0 aliphatic rings. The van der Waals surface area contributed by atoms with Gasteiger partial charge in [-0.2, -0.15) is 0 Å². The summed E-state index contributed by atoms with van der Waals surface area (Å²) < 4.78 is 10.7. The Morgan fingerprint density at radius 1 is 1.38 bits per heavy atom. The summed E-state index contributed by atoms with van der Waals surface area (Å²) in [5, 5.41) is 6.82. The van der Waals surface area contributed by atoms with Crippen molar-refractivity contribution in [1.29, 1.82) is 0 Å². The Balaban J connectivity index is 3.22. The molecule has 5 heteroatoms. The highest BCUT2D eigenvalue weighted by Crippen LogP contribution is 1.81. The molecule has 78 valence electrons. The summed E-state index contributed by atoms with van der Waals surface area (Å²) in [7, 11) is -0.689. The topological polar surface area (TPSA) is 41.1 Å². The summed E-state index contributed by atoms with van der Waals surface area (Å²) >= 11 is 5.00. The number of hydrogen-bond acceptors (Lipinski definition) is 2. The first-order valence-corrected chi connectivity index (χ1v) is 6.62. The van der Waals surface area contributed by atoms with Gasteiger partial charge >= 0.3 is 0 Å². The van der Waals surface area contributed by atoms with E-state index in [0.29, 0.717) is 5.11 Å². The molecule has 3 nitrogen and oxygen atoms in total. The number of nitrogens with one attached hydrogen (secondary N) is 2. The van der Waals surface area contributed by atoms with Gasteiger partial charge in [0.2, 0.25) is 0 Å². The zero-order valence-corrected chi connectivity index (χ0v) is 9.89. The molecule has 13 heavy (non-hydrogen) atoms. The van der Waals surface area contributed by atoms with E-state index in [-0.39, 0.29) is 0 Å². The second kappa shape index (κ2) is 8.44. The third kappa shape index (κ3) is 9.76. The lowest BCUT2D eigenvalue weighted by atomic mass is 10.5. The van der Waals surface area contributed by atoms with E-state index in [9.17, 15) is 4.21 Å². The molecule has 0 aromatic carbocycles. The van der Waals surface area contributed by atoms with Crippen LogP contribution in [0.4, 0.5) is 0 Å². The molecule has 1 unspecified atom stereocenters. The Hall–Kier alpha value is -0.160. The molecule has 0 aliphatic carbocycles. The Kier molecular flexibility index (Phi) is 8.33. The van der Waals surface area contributed by atoms with Crippen LogP contribution < -0.4 is 10.6 Å². The van der Waals surface area contributed by atoms with Crippen molar-refractivity contribution in [1.82, 2.24) is 10.6 Å². The van der Waals surface area contributed by atoms with Gasteiger partial charge in [0, 0.05) is 35.9 Å². The van der Waals surface area contributed by atoms with E-state index < -0.39 is 10.8 Å². The fraction of sp³-hybridized carbons (Fsp3) is 0.875. The monoisotopic (exact) mass is 222 g/mol. The molecular weight excluding hydrogens is 204 g/mol. The quantitative estimate of drug-likeness (QED) is 0.511. The van der Waals surface area contributed by atoms with Crippen LogP contribution in [0.3, 0.4) is 0 Å². The maximum atomic E-state index is 10.7. The molecule has 0 aromatic heterocycles. The summed E-state index contributed by atoms with van der Waals surface area (Å²) in [4.78, 5) is 0. The number of thiocarbonyl (C=S) groups is 1. The minimum absolute atomic E-state index is 0.689. The molecule has 0 aromatic rings. The van der Waals surface area contributed by atoms with E-state index in [0.717, 1.165) is 31.7 Å². The van der Waals surface area contributed by atoms with Crippen molar-refractivity contribution in [2.24, 2.45) is 0 Å². The second-order valence-corrected chi connectivity index (χ2v) is 4.78. The Morgan fingerprint density at radius 2 is 2.00 bits per heavy atom. The summed E-state index contributed by atoms with van der Waals surface area (Å²) in [6.07, 6.45) is 3.69.